The third-order valence-corrected chi connectivity index (χ3v) is 3.40. The van der Waals surface area contributed by atoms with Crippen LogP contribution in [0.25, 0.3) is 0 Å². The van der Waals surface area contributed by atoms with E-state index in [1.807, 2.05) is 0 Å². The molecule has 15 heavy (non-hydrogen) atoms. The number of urea groups is 1. The van der Waals surface area contributed by atoms with Crippen LogP contribution in [0.15, 0.2) is 0 Å². The highest BCUT2D eigenvalue weighted by Gasteiger charge is 2.63. The second kappa shape index (κ2) is 3.35. The molecule has 2 fully saturated rings. The average Bonchev–Trinajstić information content (AvgIpc) is 2.60. The summed E-state index contributed by atoms with van der Waals surface area (Å²) >= 11 is 0. The highest BCUT2D eigenvalue weighted by molar-refractivity contribution is 6.07. The van der Waals surface area contributed by atoms with Crippen molar-refractivity contribution < 1.29 is 9.59 Å². The summed E-state index contributed by atoms with van der Waals surface area (Å²) in [5.74, 6) is -0.118. The zero-order valence-corrected chi connectivity index (χ0v) is 9.61. The molecule has 2 rings (SSSR count). The van der Waals surface area contributed by atoms with Crippen LogP contribution in [0.5, 0.6) is 0 Å². The molecule has 0 aromatic carbocycles. The van der Waals surface area contributed by atoms with E-state index in [0.29, 0.717) is 0 Å². The van der Waals surface area contributed by atoms with E-state index in [2.05, 4.69) is 24.5 Å². The van der Waals surface area contributed by atoms with E-state index in [9.17, 15) is 9.59 Å². The fourth-order valence-electron chi connectivity index (χ4n) is 2.35. The molecular formula is C9H16ClN3O2. The molecule has 1 saturated heterocycles. The summed E-state index contributed by atoms with van der Waals surface area (Å²) in [5.41, 5.74) is 4.85. The lowest BCUT2D eigenvalue weighted by Crippen LogP contribution is -2.55. The molecule has 1 heterocycles. The molecule has 0 spiro atoms. The number of hydrogen-bond acceptors (Lipinski definition) is 3. The molecule has 86 valence electrons. The second-order valence-electron chi connectivity index (χ2n) is 4.83. The van der Waals surface area contributed by atoms with Crippen molar-refractivity contribution in [2.45, 2.75) is 25.8 Å². The molecule has 1 saturated carbocycles. The fourth-order valence-corrected chi connectivity index (χ4v) is 2.35. The maximum Gasteiger partial charge on any atom is 0.322 e. The van der Waals surface area contributed by atoms with E-state index in [4.69, 9.17) is 5.73 Å². The van der Waals surface area contributed by atoms with Crippen LogP contribution in [0.3, 0.4) is 0 Å². The Morgan fingerprint density at radius 2 is 2.00 bits per heavy atom. The van der Waals surface area contributed by atoms with Gasteiger partial charge in [0.2, 0.25) is 0 Å². The predicted octanol–water partition coefficient (Wildman–Crippen LogP) is -0.00880. The maximum absolute atomic E-state index is 11.6. The summed E-state index contributed by atoms with van der Waals surface area (Å²) < 4.78 is 0. The van der Waals surface area contributed by atoms with Gasteiger partial charge in [-0.05, 0) is 17.8 Å². The quantitative estimate of drug-likeness (QED) is 0.587. The van der Waals surface area contributed by atoms with Gasteiger partial charge in [-0.2, -0.15) is 0 Å². The minimum atomic E-state index is -0.861. The monoisotopic (exact) mass is 233 g/mol. The van der Waals surface area contributed by atoms with Crippen molar-refractivity contribution in [2.24, 2.45) is 17.1 Å². The summed E-state index contributed by atoms with van der Waals surface area (Å²) in [4.78, 5) is 22.7. The normalized spacial score (nSPS) is 36.6. The number of carbonyl (C=O) groups excluding carboxylic acids is 2. The van der Waals surface area contributed by atoms with Crippen LogP contribution < -0.4 is 16.4 Å². The van der Waals surface area contributed by atoms with Gasteiger partial charge in [0.05, 0.1) is 0 Å². The molecule has 4 N–H and O–H groups in total. The largest absolute Gasteiger partial charge is 0.328 e. The van der Waals surface area contributed by atoms with Crippen molar-refractivity contribution >= 4 is 24.3 Å². The van der Waals surface area contributed by atoms with Gasteiger partial charge in [0, 0.05) is 6.54 Å². The Kier molecular flexibility index (Phi) is 2.74. The summed E-state index contributed by atoms with van der Waals surface area (Å²) in [5, 5.41) is 4.91. The molecule has 3 amide bonds. The van der Waals surface area contributed by atoms with Crippen molar-refractivity contribution in [1.82, 2.24) is 10.6 Å². The van der Waals surface area contributed by atoms with Crippen LogP contribution in [0.1, 0.15) is 20.3 Å². The number of imide groups is 1. The zero-order valence-electron chi connectivity index (χ0n) is 8.79. The molecule has 2 unspecified atom stereocenters. The maximum atomic E-state index is 11.6. The molecule has 2 atom stereocenters. The Hall–Kier alpha value is -0.810. The van der Waals surface area contributed by atoms with Crippen LogP contribution in [-0.2, 0) is 4.79 Å². The second-order valence-corrected chi connectivity index (χ2v) is 4.83. The first-order chi connectivity index (χ1) is 6.42. The Bertz CT molecular complexity index is 318. The highest BCUT2D eigenvalue weighted by atomic mass is 35.5. The number of rotatable bonds is 2. The Balaban J connectivity index is 0.00000112. The van der Waals surface area contributed by atoms with E-state index >= 15 is 0 Å². The first-order valence-electron chi connectivity index (χ1n) is 4.76. The van der Waals surface area contributed by atoms with Crippen molar-refractivity contribution in [1.29, 1.82) is 0 Å². The number of halogens is 1. The summed E-state index contributed by atoms with van der Waals surface area (Å²) in [6, 6.07) is -0.428. The Labute approximate surface area is 94.6 Å². The van der Waals surface area contributed by atoms with Gasteiger partial charge in [0.25, 0.3) is 5.91 Å². The molecule has 5 nitrogen and oxygen atoms in total. The Morgan fingerprint density at radius 3 is 2.27 bits per heavy atom. The van der Waals surface area contributed by atoms with E-state index in [-0.39, 0.29) is 36.2 Å². The molecule has 0 radical (unpaired) electrons. The topological polar surface area (TPSA) is 84.2 Å². The first kappa shape index (κ1) is 12.3. The first-order valence-corrected chi connectivity index (χ1v) is 4.76. The van der Waals surface area contributed by atoms with Crippen molar-refractivity contribution in [3.05, 3.63) is 0 Å². The summed E-state index contributed by atoms with van der Waals surface area (Å²) in [6.07, 6.45) is 0.928. The number of nitrogens with one attached hydrogen (secondary N) is 2. The van der Waals surface area contributed by atoms with Gasteiger partial charge in [0.1, 0.15) is 5.54 Å². The molecule has 0 aromatic rings. The predicted molar refractivity (Wildman–Crippen MR) is 57.6 cm³/mol. The van der Waals surface area contributed by atoms with Crippen LogP contribution >= 0.6 is 12.4 Å². The lowest BCUT2D eigenvalue weighted by Gasteiger charge is -2.25. The van der Waals surface area contributed by atoms with Crippen LogP contribution in [-0.4, -0.2) is 24.0 Å². The molecule has 6 heteroatoms. The van der Waals surface area contributed by atoms with Crippen LogP contribution in [0, 0.1) is 11.3 Å². The highest BCUT2D eigenvalue weighted by Crippen LogP contribution is 2.57. The molecule has 0 aromatic heterocycles. The molecular weight excluding hydrogens is 218 g/mol. The fraction of sp³-hybridized carbons (Fsp3) is 0.778. The smallest absolute Gasteiger partial charge is 0.322 e. The van der Waals surface area contributed by atoms with Crippen molar-refractivity contribution in [2.75, 3.05) is 6.54 Å². The van der Waals surface area contributed by atoms with Gasteiger partial charge in [-0.3, -0.25) is 10.1 Å². The number of nitrogens with two attached hydrogens (primary N) is 1. The van der Waals surface area contributed by atoms with Gasteiger partial charge in [-0.15, -0.1) is 12.4 Å². The summed E-state index contributed by atoms with van der Waals surface area (Å²) in [6.45, 7) is 4.32. The Morgan fingerprint density at radius 1 is 1.47 bits per heavy atom. The standard InChI is InChI=1S/C9H15N3O2.ClH/c1-8(2)3-5(8)9(4-10)6(13)11-7(14)12-9;/h5H,3-4,10H2,1-2H3,(H2,11,12,13,14);1H. The molecule has 1 aliphatic carbocycles. The average molecular weight is 234 g/mol. The van der Waals surface area contributed by atoms with E-state index < -0.39 is 11.6 Å². The van der Waals surface area contributed by atoms with Gasteiger partial charge in [0.15, 0.2) is 0 Å². The number of carbonyl (C=O) groups is 2. The van der Waals surface area contributed by atoms with Gasteiger partial charge in [-0.25, -0.2) is 4.79 Å². The van der Waals surface area contributed by atoms with Gasteiger partial charge in [-0.1, -0.05) is 13.8 Å². The minimum absolute atomic E-state index is 0. The van der Waals surface area contributed by atoms with E-state index in [1.165, 1.54) is 0 Å². The van der Waals surface area contributed by atoms with Gasteiger partial charge >= 0.3 is 6.03 Å². The lowest BCUT2D eigenvalue weighted by atomic mass is 9.89. The number of amides is 3. The molecule has 2 aliphatic rings. The third kappa shape index (κ3) is 1.59. The molecule has 1 aliphatic heterocycles. The van der Waals surface area contributed by atoms with Crippen LogP contribution in [0.2, 0.25) is 0 Å². The summed E-state index contributed by atoms with van der Waals surface area (Å²) in [7, 11) is 0. The minimum Gasteiger partial charge on any atom is -0.328 e. The number of hydrogen-bond donors (Lipinski definition) is 3. The van der Waals surface area contributed by atoms with E-state index in [0.717, 1.165) is 6.42 Å². The van der Waals surface area contributed by atoms with Crippen molar-refractivity contribution in [3.8, 4) is 0 Å². The van der Waals surface area contributed by atoms with E-state index in [1.54, 1.807) is 0 Å². The lowest BCUT2D eigenvalue weighted by molar-refractivity contribution is -0.124. The third-order valence-electron chi connectivity index (χ3n) is 3.40. The zero-order chi connectivity index (χ0) is 10.6. The van der Waals surface area contributed by atoms with Gasteiger partial charge < -0.3 is 11.1 Å². The van der Waals surface area contributed by atoms with Crippen LogP contribution in [0.4, 0.5) is 4.79 Å². The van der Waals surface area contributed by atoms with Crippen molar-refractivity contribution in [3.63, 3.8) is 0 Å². The SMILES string of the molecule is CC1(C)CC1C1(CN)NC(=O)NC1=O.Cl. The molecule has 0 bridgehead atoms.